The summed E-state index contributed by atoms with van der Waals surface area (Å²) in [7, 11) is 0. The molecule has 0 amide bonds. The summed E-state index contributed by atoms with van der Waals surface area (Å²) in [5.41, 5.74) is 0.536. The van der Waals surface area contributed by atoms with Gasteiger partial charge in [-0.15, -0.1) is 0 Å². The van der Waals surface area contributed by atoms with Crippen LogP contribution in [-0.4, -0.2) is 18.1 Å². The SMILES string of the molecule is CCCOc1cccc(NCC(C)C)c1[N+](=O)[O-]. The largest absolute Gasteiger partial charge is 0.487 e. The van der Waals surface area contributed by atoms with Gasteiger partial charge in [-0.3, -0.25) is 10.1 Å². The van der Waals surface area contributed by atoms with Crippen LogP contribution in [0.1, 0.15) is 27.2 Å². The van der Waals surface area contributed by atoms with Gasteiger partial charge in [0, 0.05) is 6.54 Å². The second-order valence-electron chi connectivity index (χ2n) is 4.53. The summed E-state index contributed by atoms with van der Waals surface area (Å²) in [6.07, 6.45) is 0.820. The van der Waals surface area contributed by atoms with Crippen LogP contribution < -0.4 is 10.1 Å². The zero-order valence-corrected chi connectivity index (χ0v) is 11.1. The number of para-hydroxylation sites is 1. The van der Waals surface area contributed by atoms with Gasteiger partial charge in [0.2, 0.25) is 0 Å². The third-order valence-electron chi connectivity index (χ3n) is 2.34. The van der Waals surface area contributed by atoms with Gasteiger partial charge in [-0.25, -0.2) is 0 Å². The number of anilines is 1. The van der Waals surface area contributed by atoms with E-state index < -0.39 is 4.92 Å². The van der Waals surface area contributed by atoms with Crippen LogP contribution in [0.25, 0.3) is 0 Å². The van der Waals surface area contributed by atoms with Crippen molar-refractivity contribution < 1.29 is 9.66 Å². The number of nitrogens with one attached hydrogen (secondary N) is 1. The van der Waals surface area contributed by atoms with Crippen LogP contribution in [0.4, 0.5) is 11.4 Å². The highest BCUT2D eigenvalue weighted by molar-refractivity contribution is 5.68. The summed E-state index contributed by atoms with van der Waals surface area (Å²) in [5.74, 6) is 0.750. The fraction of sp³-hybridized carbons (Fsp3) is 0.538. The first-order valence-corrected chi connectivity index (χ1v) is 6.20. The smallest absolute Gasteiger partial charge is 0.333 e. The van der Waals surface area contributed by atoms with E-state index >= 15 is 0 Å². The van der Waals surface area contributed by atoms with E-state index in [4.69, 9.17) is 4.74 Å². The lowest BCUT2D eigenvalue weighted by Gasteiger charge is -2.12. The van der Waals surface area contributed by atoms with Crippen molar-refractivity contribution in [2.24, 2.45) is 5.92 Å². The number of benzene rings is 1. The normalized spacial score (nSPS) is 10.4. The molecule has 0 atom stereocenters. The van der Waals surface area contributed by atoms with E-state index in [9.17, 15) is 10.1 Å². The van der Waals surface area contributed by atoms with Crippen molar-refractivity contribution in [3.05, 3.63) is 28.3 Å². The summed E-state index contributed by atoms with van der Waals surface area (Å²) >= 11 is 0. The molecule has 0 aromatic heterocycles. The Kier molecular flexibility index (Phi) is 5.42. The van der Waals surface area contributed by atoms with Crippen LogP contribution in [0.5, 0.6) is 5.75 Å². The van der Waals surface area contributed by atoms with Gasteiger partial charge >= 0.3 is 5.69 Å². The van der Waals surface area contributed by atoms with Gasteiger partial charge in [-0.1, -0.05) is 26.8 Å². The fourth-order valence-corrected chi connectivity index (χ4v) is 1.50. The van der Waals surface area contributed by atoms with E-state index in [1.165, 1.54) is 0 Å². The molecule has 1 rings (SSSR count). The van der Waals surface area contributed by atoms with Gasteiger partial charge in [-0.05, 0) is 24.5 Å². The molecule has 0 aliphatic rings. The summed E-state index contributed by atoms with van der Waals surface area (Å²) in [4.78, 5) is 10.7. The highest BCUT2D eigenvalue weighted by Gasteiger charge is 2.20. The molecule has 0 aliphatic heterocycles. The van der Waals surface area contributed by atoms with Crippen LogP contribution in [0.2, 0.25) is 0 Å². The lowest BCUT2D eigenvalue weighted by molar-refractivity contribution is -0.385. The Bertz CT molecular complexity index is 405. The van der Waals surface area contributed by atoms with Gasteiger partial charge < -0.3 is 10.1 Å². The van der Waals surface area contributed by atoms with Crippen LogP contribution in [0.15, 0.2) is 18.2 Å². The van der Waals surface area contributed by atoms with Crippen molar-refractivity contribution >= 4 is 11.4 Å². The fourth-order valence-electron chi connectivity index (χ4n) is 1.50. The van der Waals surface area contributed by atoms with E-state index in [0.29, 0.717) is 30.5 Å². The maximum absolute atomic E-state index is 11.1. The molecule has 1 aromatic carbocycles. The molecule has 5 nitrogen and oxygen atoms in total. The van der Waals surface area contributed by atoms with Crippen molar-refractivity contribution in [1.82, 2.24) is 0 Å². The van der Waals surface area contributed by atoms with Gasteiger partial charge in [0.1, 0.15) is 5.69 Å². The number of ether oxygens (including phenoxy) is 1. The first-order chi connectivity index (χ1) is 8.56. The maximum Gasteiger partial charge on any atom is 0.333 e. The Morgan fingerprint density at radius 3 is 2.72 bits per heavy atom. The second-order valence-corrected chi connectivity index (χ2v) is 4.53. The highest BCUT2D eigenvalue weighted by atomic mass is 16.6. The molecule has 0 saturated carbocycles. The molecular weight excluding hydrogens is 232 g/mol. The molecule has 5 heteroatoms. The van der Waals surface area contributed by atoms with Crippen molar-refractivity contribution in [1.29, 1.82) is 0 Å². The first-order valence-electron chi connectivity index (χ1n) is 6.20. The molecule has 1 N–H and O–H groups in total. The maximum atomic E-state index is 11.1. The molecule has 0 fully saturated rings. The molecule has 1 aromatic rings. The van der Waals surface area contributed by atoms with Gasteiger partial charge in [0.25, 0.3) is 0 Å². The summed E-state index contributed by atoms with van der Waals surface area (Å²) in [6.45, 7) is 7.24. The van der Waals surface area contributed by atoms with Gasteiger partial charge in [0.05, 0.1) is 11.5 Å². The molecule has 0 spiro atoms. The van der Waals surface area contributed by atoms with E-state index in [0.717, 1.165) is 6.42 Å². The third kappa shape index (κ3) is 3.91. The quantitative estimate of drug-likeness (QED) is 0.596. The Balaban J connectivity index is 2.97. The van der Waals surface area contributed by atoms with E-state index in [1.807, 2.05) is 6.92 Å². The van der Waals surface area contributed by atoms with Crippen molar-refractivity contribution in [3.63, 3.8) is 0 Å². The Morgan fingerprint density at radius 2 is 2.17 bits per heavy atom. The van der Waals surface area contributed by atoms with Crippen LogP contribution in [-0.2, 0) is 0 Å². The zero-order valence-electron chi connectivity index (χ0n) is 11.1. The molecule has 0 heterocycles. The third-order valence-corrected chi connectivity index (χ3v) is 2.34. The van der Waals surface area contributed by atoms with Gasteiger partial charge in [0.15, 0.2) is 5.75 Å². The number of hydrogen-bond donors (Lipinski definition) is 1. The predicted molar refractivity (Wildman–Crippen MR) is 72.2 cm³/mol. The topological polar surface area (TPSA) is 64.4 Å². The average Bonchev–Trinajstić information content (AvgIpc) is 2.33. The number of rotatable bonds is 7. The minimum atomic E-state index is -0.395. The molecule has 0 unspecified atom stereocenters. The molecular formula is C13H20N2O3. The Labute approximate surface area is 107 Å². The van der Waals surface area contributed by atoms with Crippen LogP contribution in [0.3, 0.4) is 0 Å². The summed E-state index contributed by atoms with van der Waals surface area (Å²) < 4.78 is 5.41. The molecule has 100 valence electrons. The molecule has 0 radical (unpaired) electrons. The average molecular weight is 252 g/mol. The summed E-state index contributed by atoms with van der Waals surface area (Å²) in [6, 6.07) is 5.11. The lowest BCUT2D eigenvalue weighted by Crippen LogP contribution is -2.10. The number of nitrogens with zero attached hydrogens (tertiary/aromatic N) is 1. The second kappa shape index (κ2) is 6.83. The Hall–Kier alpha value is -1.78. The summed E-state index contributed by atoms with van der Waals surface area (Å²) in [5, 5.41) is 14.2. The molecule has 18 heavy (non-hydrogen) atoms. The van der Waals surface area contributed by atoms with Crippen molar-refractivity contribution in [2.45, 2.75) is 27.2 Å². The lowest BCUT2D eigenvalue weighted by atomic mass is 10.2. The Morgan fingerprint density at radius 1 is 1.44 bits per heavy atom. The van der Waals surface area contributed by atoms with E-state index in [2.05, 4.69) is 19.2 Å². The van der Waals surface area contributed by atoms with Crippen molar-refractivity contribution in [2.75, 3.05) is 18.5 Å². The highest BCUT2D eigenvalue weighted by Crippen LogP contribution is 2.34. The minimum Gasteiger partial charge on any atom is -0.487 e. The number of nitro benzene ring substituents is 1. The van der Waals surface area contributed by atoms with Crippen LogP contribution in [0, 0.1) is 16.0 Å². The molecule has 0 aliphatic carbocycles. The van der Waals surface area contributed by atoms with E-state index in [1.54, 1.807) is 18.2 Å². The standard InChI is InChI=1S/C13H20N2O3/c1-4-8-18-12-7-5-6-11(13(12)15(16)17)14-9-10(2)3/h5-7,10,14H,4,8-9H2,1-3H3. The zero-order chi connectivity index (χ0) is 13.5. The number of hydrogen-bond acceptors (Lipinski definition) is 4. The molecule has 0 bridgehead atoms. The monoisotopic (exact) mass is 252 g/mol. The molecule has 0 saturated heterocycles. The van der Waals surface area contributed by atoms with Gasteiger partial charge in [-0.2, -0.15) is 0 Å². The number of nitro groups is 1. The minimum absolute atomic E-state index is 0.0200. The van der Waals surface area contributed by atoms with Crippen LogP contribution >= 0.6 is 0 Å². The van der Waals surface area contributed by atoms with Crippen molar-refractivity contribution in [3.8, 4) is 5.75 Å². The first kappa shape index (κ1) is 14.3. The predicted octanol–water partition coefficient (Wildman–Crippen LogP) is 3.45. The van der Waals surface area contributed by atoms with E-state index in [-0.39, 0.29) is 5.69 Å².